The first kappa shape index (κ1) is 22.5. The monoisotopic (exact) mass is 443 g/mol. The molecule has 1 aliphatic rings. The SMILES string of the molecule is COc1cc2c(cc1-c1ccncc1)CC([C@@H](CC(C)C)NC(=O)OCc1ccccc1)=N2. The molecule has 6 nitrogen and oxygen atoms in total. The lowest BCUT2D eigenvalue weighted by molar-refractivity contribution is 0.137. The lowest BCUT2D eigenvalue weighted by Gasteiger charge is -2.20. The van der Waals surface area contributed by atoms with Crippen molar-refractivity contribution in [3.05, 3.63) is 78.1 Å². The van der Waals surface area contributed by atoms with Crippen LogP contribution < -0.4 is 10.1 Å². The number of aliphatic imine (C=N–C) groups is 1. The van der Waals surface area contributed by atoms with Gasteiger partial charge in [0.25, 0.3) is 0 Å². The fourth-order valence-corrected chi connectivity index (χ4v) is 4.03. The minimum absolute atomic E-state index is 0.198. The van der Waals surface area contributed by atoms with Gasteiger partial charge < -0.3 is 14.8 Å². The summed E-state index contributed by atoms with van der Waals surface area (Å²) >= 11 is 0. The second kappa shape index (κ2) is 10.3. The topological polar surface area (TPSA) is 72.8 Å². The van der Waals surface area contributed by atoms with Gasteiger partial charge in [-0.1, -0.05) is 44.2 Å². The van der Waals surface area contributed by atoms with E-state index in [4.69, 9.17) is 14.5 Å². The number of pyridine rings is 1. The maximum atomic E-state index is 12.6. The number of hydrogen-bond acceptors (Lipinski definition) is 5. The van der Waals surface area contributed by atoms with E-state index >= 15 is 0 Å². The van der Waals surface area contributed by atoms with E-state index in [0.717, 1.165) is 45.8 Å². The van der Waals surface area contributed by atoms with Gasteiger partial charge in [0.2, 0.25) is 0 Å². The molecule has 2 aromatic carbocycles. The Bertz CT molecular complexity index is 1130. The molecule has 0 fully saturated rings. The Kier molecular flexibility index (Phi) is 7.03. The summed E-state index contributed by atoms with van der Waals surface area (Å²) in [5, 5.41) is 3.04. The molecule has 0 saturated heterocycles. The molecule has 6 heteroatoms. The zero-order valence-electron chi connectivity index (χ0n) is 19.2. The Labute approximate surface area is 194 Å². The first-order valence-corrected chi connectivity index (χ1v) is 11.2. The summed E-state index contributed by atoms with van der Waals surface area (Å²) < 4.78 is 11.1. The molecule has 0 radical (unpaired) electrons. The van der Waals surface area contributed by atoms with Gasteiger partial charge >= 0.3 is 6.09 Å². The molecule has 1 atom stereocenters. The number of carbonyl (C=O) groups excluding carboxylic acids is 1. The van der Waals surface area contributed by atoms with Crippen molar-refractivity contribution in [2.75, 3.05) is 7.11 Å². The smallest absolute Gasteiger partial charge is 0.407 e. The van der Waals surface area contributed by atoms with Gasteiger partial charge in [-0.2, -0.15) is 0 Å². The molecule has 0 unspecified atom stereocenters. The summed E-state index contributed by atoms with van der Waals surface area (Å²) in [4.78, 5) is 21.5. The molecule has 33 heavy (non-hydrogen) atoms. The van der Waals surface area contributed by atoms with Crippen LogP contribution in [0.4, 0.5) is 10.5 Å². The number of carbonyl (C=O) groups is 1. The van der Waals surface area contributed by atoms with E-state index in [1.54, 1.807) is 19.5 Å². The number of ether oxygens (including phenoxy) is 2. The van der Waals surface area contributed by atoms with Crippen LogP contribution in [0, 0.1) is 5.92 Å². The highest BCUT2D eigenvalue weighted by Gasteiger charge is 2.27. The van der Waals surface area contributed by atoms with Crippen molar-refractivity contribution < 1.29 is 14.3 Å². The van der Waals surface area contributed by atoms with Crippen molar-refractivity contribution in [1.29, 1.82) is 0 Å². The van der Waals surface area contributed by atoms with Crippen molar-refractivity contribution in [1.82, 2.24) is 10.3 Å². The number of hydrogen-bond donors (Lipinski definition) is 1. The Balaban J connectivity index is 1.51. The van der Waals surface area contributed by atoms with Crippen LogP contribution in [-0.4, -0.2) is 29.9 Å². The van der Waals surface area contributed by atoms with Crippen LogP contribution in [0.25, 0.3) is 11.1 Å². The molecule has 1 aromatic heterocycles. The number of nitrogens with one attached hydrogen (secondary N) is 1. The van der Waals surface area contributed by atoms with Crippen LogP contribution >= 0.6 is 0 Å². The molecule has 0 spiro atoms. The van der Waals surface area contributed by atoms with Crippen LogP contribution in [-0.2, 0) is 17.8 Å². The second-order valence-corrected chi connectivity index (χ2v) is 8.59. The van der Waals surface area contributed by atoms with E-state index in [-0.39, 0.29) is 12.6 Å². The molecular weight excluding hydrogens is 414 g/mol. The number of fused-ring (bicyclic) bond motifs is 1. The summed E-state index contributed by atoms with van der Waals surface area (Å²) in [5.74, 6) is 1.15. The van der Waals surface area contributed by atoms with Crippen LogP contribution in [0.5, 0.6) is 5.75 Å². The summed E-state index contributed by atoms with van der Waals surface area (Å²) in [7, 11) is 1.66. The summed E-state index contributed by atoms with van der Waals surface area (Å²) in [5.41, 5.74) is 5.93. The molecule has 3 aromatic rings. The number of nitrogens with zero attached hydrogens (tertiary/aromatic N) is 2. The second-order valence-electron chi connectivity index (χ2n) is 8.59. The third-order valence-electron chi connectivity index (χ3n) is 5.64. The first-order valence-electron chi connectivity index (χ1n) is 11.2. The normalized spacial score (nSPS) is 13.3. The van der Waals surface area contributed by atoms with Crippen molar-refractivity contribution in [3.63, 3.8) is 0 Å². The number of alkyl carbamates (subject to hydrolysis) is 1. The molecular formula is C27H29N3O3. The van der Waals surface area contributed by atoms with Crippen molar-refractivity contribution in [3.8, 4) is 16.9 Å². The zero-order valence-corrected chi connectivity index (χ0v) is 19.2. The van der Waals surface area contributed by atoms with E-state index in [1.807, 2.05) is 48.5 Å². The Morgan fingerprint density at radius 3 is 2.55 bits per heavy atom. The summed E-state index contributed by atoms with van der Waals surface area (Å²) in [6, 6.07) is 17.5. The van der Waals surface area contributed by atoms with E-state index in [2.05, 4.69) is 30.2 Å². The molecule has 1 aliphatic heterocycles. The zero-order chi connectivity index (χ0) is 23.2. The highest BCUT2D eigenvalue weighted by atomic mass is 16.5. The number of aromatic nitrogens is 1. The fraction of sp³-hybridized carbons (Fsp3) is 0.296. The van der Waals surface area contributed by atoms with Crippen molar-refractivity contribution in [2.24, 2.45) is 10.9 Å². The molecule has 1 N–H and O–H groups in total. The summed E-state index contributed by atoms with van der Waals surface area (Å²) in [6.45, 7) is 4.51. The Hall–Kier alpha value is -3.67. The number of benzene rings is 2. The van der Waals surface area contributed by atoms with Gasteiger partial charge in [0.15, 0.2) is 0 Å². The van der Waals surface area contributed by atoms with Gasteiger partial charge in [-0.25, -0.2) is 4.79 Å². The third kappa shape index (κ3) is 5.58. The molecule has 4 rings (SSSR count). The van der Waals surface area contributed by atoms with E-state index < -0.39 is 6.09 Å². The van der Waals surface area contributed by atoms with Crippen LogP contribution in [0.15, 0.2) is 72.0 Å². The van der Waals surface area contributed by atoms with Gasteiger partial charge in [0.05, 0.1) is 18.8 Å². The van der Waals surface area contributed by atoms with E-state index in [0.29, 0.717) is 12.3 Å². The van der Waals surface area contributed by atoms with Crippen LogP contribution in [0.3, 0.4) is 0 Å². The van der Waals surface area contributed by atoms with Gasteiger partial charge in [0.1, 0.15) is 12.4 Å². The number of amides is 1. The van der Waals surface area contributed by atoms with Gasteiger partial charge in [0, 0.05) is 36.2 Å². The highest BCUT2D eigenvalue weighted by Crippen LogP contribution is 2.39. The number of rotatable bonds is 8. The van der Waals surface area contributed by atoms with Gasteiger partial charge in [-0.15, -0.1) is 0 Å². The Morgan fingerprint density at radius 1 is 1.09 bits per heavy atom. The van der Waals surface area contributed by atoms with E-state index in [1.165, 1.54) is 0 Å². The molecule has 170 valence electrons. The summed E-state index contributed by atoms with van der Waals surface area (Å²) in [6.07, 6.45) is 4.56. The van der Waals surface area contributed by atoms with Gasteiger partial charge in [-0.05, 0) is 47.2 Å². The van der Waals surface area contributed by atoms with Gasteiger partial charge in [-0.3, -0.25) is 9.98 Å². The predicted molar refractivity (Wildman–Crippen MR) is 130 cm³/mol. The Morgan fingerprint density at radius 2 is 1.85 bits per heavy atom. The standard InChI is InChI=1S/C27H29N3O3/c1-18(2)13-24(30-27(31)33-17-19-7-5-4-6-8-19)25-15-21-14-22(20-9-11-28-12-10-20)26(32-3)16-23(21)29-25/h4-12,14,16,18,24H,13,15,17H2,1-3H3,(H,30,31)/t24-/m1/s1. The maximum absolute atomic E-state index is 12.6. The van der Waals surface area contributed by atoms with Crippen LogP contribution in [0.2, 0.25) is 0 Å². The quantitative estimate of drug-likeness (QED) is 0.483. The molecule has 0 bridgehead atoms. The van der Waals surface area contributed by atoms with Crippen LogP contribution in [0.1, 0.15) is 31.4 Å². The average Bonchev–Trinajstić information content (AvgIpc) is 3.25. The molecule has 0 saturated carbocycles. The lowest BCUT2D eigenvalue weighted by atomic mass is 9.95. The first-order chi connectivity index (χ1) is 16.0. The van der Waals surface area contributed by atoms with Crippen molar-refractivity contribution in [2.45, 2.75) is 39.3 Å². The van der Waals surface area contributed by atoms with Crippen molar-refractivity contribution >= 4 is 17.5 Å². The average molecular weight is 444 g/mol. The number of methoxy groups -OCH3 is 1. The molecule has 0 aliphatic carbocycles. The van der Waals surface area contributed by atoms with E-state index in [9.17, 15) is 4.79 Å². The minimum Gasteiger partial charge on any atom is -0.496 e. The molecule has 1 amide bonds. The predicted octanol–water partition coefficient (Wildman–Crippen LogP) is 5.73. The fourth-order valence-electron chi connectivity index (χ4n) is 4.03. The largest absolute Gasteiger partial charge is 0.496 e. The highest BCUT2D eigenvalue weighted by molar-refractivity contribution is 6.00. The maximum Gasteiger partial charge on any atom is 0.407 e. The third-order valence-corrected chi connectivity index (χ3v) is 5.64. The molecule has 2 heterocycles. The lowest BCUT2D eigenvalue weighted by Crippen LogP contribution is -2.42. The minimum atomic E-state index is -0.432.